The maximum absolute atomic E-state index is 13.6. The Kier molecular flexibility index (Phi) is 3.97. The fraction of sp³-hybridized carbons (Fsp3) is 0. The molecule has 0 heterocycles. The first-order valence-corrected chi connectivity index (χ1v) is 6.07. The summed E-state index contributed by atoms with van der Waals surface area (Å²) in [4.78, 5) is 0.135. The van der Waals surface area contributed by atoms with Gasteiger partial charge in [-0.1, -0.05) is 23.8 Å². The van der Waals surface area contributed by atoms with Crippen LogP contribution in [0.2, 0.25) is 5.02 Å². The molecule has 2 aromatic carbocycles. The zero-order valence-corrected chi connectivity index (χ0v) is 11.2. The Hall–Kier alpha value is -1.72. The van der Waals surface area contributed by atoms with E-state index in [0.29, 0.717) is 16.3 Å². The Labute approximate surface area is 119 Å². The van der Waals surface area contributed by atoms with E-state index >= 15 is 0 Å². The molecule has 2 aromatic rings. The quantitative estimate of drug-likeness (QED) is 0.841. The first kappa shape index (κ1) is 13.7. The van der Waals surface area contributed by atoms with E-state index in [1.165, 1.54) is 0 Å². The summed E-state index contributed by atoms with van der Waals surface area (Å²) in [7, 11) is 0. The van der Waals surface area contributed by atoms with Crippen LogP contribution in [0.3, 0.4) is 0 Å². The van der Waals surface area contributed by atoms with Gasteiger partial charge >= 0.3 is 0 Å². The third-order valence-electron chi connectivity index (χ3n) is 2.44. The van der Waals surface area contributed by atoms with Gasteiger partial charge in [-0.15, -0.1) is 0 Å². The number of thiocarbonyl (C=S) groups is 1. The van der Waals surface area contributed by atoms with Crippen LogP contribution < -0.4 is 11.1 Å². The molecule has 0 radical (unpaired) electrons. The SMILES string of the molecule is NC(=S)c1ccc(Cl)cc1Nc1cc(F)ccc1F. The fourth-order valence-corrected chi connectivity index (χ4v) is 1.92. The van der Waals surface area contributed by atoms with Crippen molar-refractivity contribution in [2.45, 2.75) is 0 Å². The van der Waals surface area contributed by atoms with Crippen molar-refractivity contribution in [2.75, 3.05) is 5.32 Å². The highest BCUT2D eigenvalue weighted by Crippen LogP contribution is 2.26. The number of nitrogens with one attached hydrogen (secondary N) is 1. The molecule has 0 fully saturated rings. The van der Waals surface area contributed by atoms with Crippen molar-refractivity contribution >= 4 is 40.2 Å². The molecule has 2 nitrogen and oxygen atoms in total. The minimum Gasteiger partial charge on any atom is -0.389 e. The molecule has 0 saturated carbocycles. The molecule has 0 aliphatic heterocycles. The first-order chi connectivity index (χ1) is 8.97. The van der Waals surface area contributed by atoms with E-state index in [-0.39, 0.29) is 10.7 Å². The molecular formula is C13H9ClF2N2S. The van der Waals surface area contributed by atoms with E-state index in [1.807, 2.05) is 0 Å². The molecule has 0 unspecified atom stereocenters. The van der Waals surface area contributed by atoms with E-state index in [9.17, 15) is 8.78 Å². The zero-order chi connectivity index (χ0) is 14.0. The van der Waals surface area contributed by atoms with Gasteiger partial charge in [-0.3, -0.25) is 0 Å². The number of nitrogens with two attached hydrogens (primary N) is 1. The Balaban J connectivity index is 2.45. The fourth-order valence-electron chi connectivity index (χ4n) is 1.57. The van der Waals surface area contributed by atoms with Crippen molar-refractivity contribution in [3.8, 4) is 0 Å². The normalized spacial score (nSPS) is 10.3. The van der Waals surface area contributed by atoms with Gasteiger partial charge in [0.15, 0.2) is 0 Å². The highest BCUT2D eigenvalue weighted by atomic mass is 35.5. The van der Waals surface area contributed by atoms with Crippen LogP contribution in [0.25, 0.3) is 0 Å². The van der Waals surface area contributed by atoms with Gasteiger partial charge in [-0.2, -0.15) is 0 Å². The predicted octanol–water partition coefficient (Wildman–Crippen LogP) is 4.00. The minimum absolute atomic E-state index is 0.0141. The lowest BCUT2D eigenvalue weighted by molar-refractivity contribution is 0.603. The molecule has 19 heavy (non-hydrogen) atoms. The molecule has 0 bridgehead atoms. The lowest BCUT2D eigenvalue weighted by Gasteiger charge is -2.12. The largest absolute Gasteiger partial charge is 0.389 e. The Bertz CT molecular complexity index is 647. The van der Waals surface area contributed by atoms with Crippen LogP contribution in [0.4, 0.5) is 20.2 Å². The Morgan fingerprint density at radius 1 is 1.11 bits per heavy atom. The second-order valence-electron chi connectivity index (χ2n) is 3.80. The second-order valence-corrected chi connectivity index (χ2v) is 4.68. The Morgan fingerprint density at radius 2 is 1.84 bits per heavy atom. The molecule has 0 aliphatic carbocycles. The smallest absolute Gasteiger partial charge is 0.146 e. The van der Waals surface area contributed by atoms with Gasteiger partial charge < -0.3 is 11.1 Å². The van der Waals surface area contributed by atoms with Gasteiger partial charge in [0.05, 0.1) is 11.4 Å². The summed E-state index contributed by atoms with van der Waals surface area (Å²) in [5.74, 6) is -1.14. The van der Waals surface area contributed by atoms with E-state index in [1.54, 1.807) is 18.2 Å². The number of hydrogen-bond acceptors (Lipinski definition) is 2. The molecule has 0 saturated heterocycles. The maximum atomic E-state index is 13.6. The maximum Gasteiger partial charge on any atom is 0.146 e. The minimum atomic E-state index is -0.588. The summed E-state index contributed by atoms with van der Waals surface area (Å²) < 4.78 is 26.7. The van der Waals surface area contributed by atoms with Crippen LogP contribution in [0, 0.1) is 11.6 Å². The van der Waals surface area contributed by atoms with E-state index in [2.05, 4.69) is 5.32 Å². The molecule has 0 aromatic heterocycles. The monoisotopic (exact) mass is 298 g/mol. The molecular weight excluding hydrogens is 290 g/mol. The van der Waals surface area contributed by atoms with Crippen molar-refractivity contribution in [2.24, 2.45) is 5.73 Å². The van der Waals surface area contributed by atoms with Crippen LogP contribution in [-0.2, 0) is 0 Å². The summed E-state index contributed by atoms with van der Waals surface area (Å²) in [5.41, 5.74) is 6.48. The van der Waals surface area contributed by atoms with Crippen molar-refractivity contribution in [1.82, 2.24) is 0 Å². The van der Waals surface area contributed by atoms with Gasteiger partial charge in [0.25, 0.3) is 0 Å². The first-order valence-electron chi connectivity index (χ1n) is 5.29. The van der Waals surface area contributed by atoms with E-state index in [4.69, 9.17) is 29.6 Å². The second kappa shape index (κ2) is 5.50. The summed E-state index contributed by atoms with van der Waals surface area (Å²) in [6, 6.07) is 7.88. The lowest BCUT2D eigenvalue weighted by atomic mass is 10.1. The summed E-state index contributed by atoms with van der Waals surface area (Å²) in [5, 5.41) is 3.17. The summed E-state index contributed by atoms with van der Waals surface area (Å²) in [6.07, 6.45) is 0. The number of hydrogen-bond donors (Lipinski definition) is 2. The van der Waals surface area contributed by atoms with E-state index < -0.39 is 11.6 Å². The average Bonchev–Trinajstić information content (AvgIpc) is 2.33. The van der Waals surface area contributed by atoms with Gasteiger partial charge in [-0.25, -0.2) is 8.78 Å². The molecule has 0 amide bonds. The van der Waals surface area contributed by atoms with Crippen LogP contribution in [-0.4, -0.2) is 4.99 Å². The standard InChI is InChI=1S/C13H9ClF2N2S/c14-7-1-3-9(13(17)19)11(5-7)18-12-6-8(15)2-4-10(12)16/h1-6,18H,(H2,17,19). The van der Waals surface area contributed by atoms with E-state index in [0.717, 1.165) is 18.2 Å². The van der Waals surface area contributed by atoms with Crippen LogP contribution >= 0.6 is 23.8 Å². The summed E-state index contributed by atoms with van der Waals surface area (Å²) in [6.45, 7) is 0. The molecule has 2 rings (SSSR count). The van der Waals surface area contributed by atoms with Crippen molar-refractivity contribution in [3.63, 3.8) is 0 Å². The molecule has 6 heteroatoms. The average molecular weight is 299 g/mol. The lowest BCUT2D eigenvalue weighted by Crippen LogP contribution is -2.12. The third kappa shape index (κ3) is 3.19. The highest BCUT2D eigenvalue weighted by Gasteiger charge is 2.09. The molecule has 98 valence electrons. The topological polar surface area (TPSA) is 38.0 Å². The molecule has 0 atom stereocenters. The molecule has 3 N–H and O–H groups in total. The van der Waals surface area contributed by atoms with Crippen LogP contribution in [0.5, 0.6) is 0 Å². The molecule has 0 spiro atoms. The van der Waals surface area contributed by atoms with Crippen LogP contribution in [0.1, 0.15) is 5.56 Å². The number of rotatable bonds is 3. The van der Waals surface area contributed by atoms with Gasteiger partial charge in [0.1, 0.15) is 16.6 Å². The van der Waals surface area contributed by atoms with Gasteiger partial charge in [0, 0.05) is 16.7 Å². The number of halogens is 3. The molecule has 0 aliphatic rings. The zero-order valence-electron chi connectivity index (χ0n) is 9.58. The van der Waals surface area contributed by atoms with Gasteiger partial charge in [-0.05, 0) is 30.3 Å². The van der Waals surface area contributed by atoms with Crippen molar-refractivity contribution < 1.29 is 8.78 Å². The summed E-state index contributed by atoms with van der Waals surface area (Å²) >= 11 is 10.8. The van der Waals surface area contributed by atoms with Gasteiger partial charge in [0.2, 0.25) is 0 Å². The highest BCUT2D eigenvalue weighted by molar-refractivity contribution is 7.80. The van der Waals surface area contributed by atoms with Crippen LogP contribution in [0.15, 0.2) is 36.4 Å². The number of anilines is 2. The van der Waals surface area contributed by atoms with Crippen molar-refractivity contribution in [1.29, 1.82) is 0 Å². The third-order valence-corrected chi connectivity index (χ3v) is 2.90. The predicted molar refractivity (Wildman–Crippen MR) is 77.0 cm³/mol. The Morgan fingerprint density at radius 3 is 2.53 bits per heavy atom. The van der Waals surface area contributed by atoms with Crippen molar-refractivity contribution in [3.05, 3.63) is 58.6 Å². The number of benzene rings is 2.